The maximum Gasteiger partial charge on any atom is 0.408 e. The van der Waals surface area contributed by atoms with Crippen LogP contribution in [0.1, 0.15) is 81.9 Å². The number of aromatic nitrogens is 1. The zero-order valence-electron chi connectivity index (χ0n) is 27.7. The number of rotatable bonds is 12. The first kappa shape index (κ1) is 36.4. The lowest BCUT2D eigenvalue weighted by molar-refractivity contribution is -0.149. The van der Waals surface area contributed by atoms with Gasteiger partial charge in [-0.15, -0.1) is 0 Å². The molecule has 1 heterocycles. The molecule has 1 aromatic heterocycles. The van der Waals surface area contributed by atoms with Gasteiger partial charge in [-0.25, -0.2) is 9.18 Å². The third-order valence-corrected chi connectivity index (χ3v) is 7.24. The molecule has 1 aliphatic rings. The number of carbonyl (C=O) groups excluding carboxylic acids is 2. The van der Waals surface area contributed by atoms with Crippen molar-refractivity contribution in [2.45, 2.75) is 89.8 Å². The Balaban J connectivity index is 1.66. The Hall–Kier alpha value is -4.39. The van der Waals surface area contributed by atoms with Crippen molar-refractivity contribution < 1.29 is 46.5 Å². The molecule has 4 rings (SSSR count). The molecule has 3 aromatic rings. The number of aliphatic hydroxyl groups excluding tert-OH is 1. The first-order chi connectivity index (χ1) is 22.3. The maximum absolute atomic E-state index is 14.7. The predicted octanol–water partition coefficient (Wildman–Crippen LogP) is 7.02. The monoisotopic (exact) mass is 675 g/mol. The van der Waals surface area contributed by atoms with Crippen molar-refractivity contribution in [3.05, 3.63) is 77.2 Å². The van der Waals surface area contributed by atoms with Crippen LogP contribution in [0.15, 0.2) is 54.6 Å². The topological polar surface area (TPSA) is 119 Å². The number of hydrogen-bond donors (Lipinski definition) is 3. The lowest BCUT2D eigenvalue weighted by Crippen LogP contribution is -2.44. The first-order valence-corrected chi connectivity index (χ1v) is 15.6. The van der Waals surface area contributed by atoms with Crippen LogP contribution in [0, 0.1) is 5.82 Å². The van der Waals surface area contributed by atoms with Crippen LogP contribution in [0.3, 0.4) is 0 Å². The van der Waals surface area contributed by atoms with E-state index in [-0.39, 0.29) is 35.3 Å². The smallest absolute Gasteiger partial charge is 0.408 e. The molecule has 2 amide bonds. The van der Waals surface area contributed by atoms with Gasteiger partial charge >= 0.3 is 12.3 Å². The van der Waals surface area contributed by atoms with Crippen molar-refractivity contribution in [1.82, 2.24) is 15.6 Å². The average Bonchev–Trinajstić information content (AvgIpc) is 3.79. The Morgan fingerprint density at radius 1 is 0.979 bits per heavy atom. The van der Waals surface area contributed by atoms with Gasteiger partial charge in [0.2, 0.25) is 0 Å². The molecule has 13 heteroatoms. The molecule has 1 unspecified atom stereocenters. The molecule has 0 aliphatic heterocycles. The predicted molar refractivity (Wildman–Crippen MR) is 170 cm³/mol. The van der Waals surface area contributed by atoms with Crippen LogP contribution in [-0.2, 0) is 10.3 Å². The van der Waals surface area contributed by atoms with Crippen molar-refractivity contribution in [2.75, 3.05) is 13.2 Å². The summed E-state index contributed by atoms with van der Waals surface area (Å²) in [5.74, 6) is -3.06. The Labute approximate surface area is 277 Å². The third-order valence-electron chi connectivity index (χ3n) is 7.24. The largest absolute Gasteiger partial charge is 0.487 e. The SMILES string of the molecule is C[C@@H](O)COc1cc(C(=O)NCC(c2cc(C(C)(C)NC(=O)OC(C)(C)C)cc(-c3ccc(F)cc3)n2)C(F)(F)F)ccc1OC1CC1. The van der Waals surface area contributed by atoms with Crippen LogP contribution in [0.4, 0.5) is 22.4 Å². The van der Waals surface area contributed by atoms with E-state index >= 15 is 0 Å². The number of halogens is 4. The fourth-order valence-electron chi connectivity index (χ4n) is 4.61. The summed E-state index contributed by atoms with van der Waals surface area (Å²) in [5.41, 5.74) is -1.74. The Bertz CT molecular complexity index is 1600. The molecule has 9 nitrogen and oxygen atoms in total. The van der Waals surface area contributed by atoms with Crippen LogP contribution < -0.4 is 20.1 Å². The van der Waals surface area contributed by atoms with Gasteiger partial charge in [-0.2, -0.15) is 13.2 Å². The summed E-state index contributed by atoms with van der Waals surface area (Å²) in [6.07, 6.45) is -4.70. The fraction of sp³-hybridized carbons (Fsp3) is 0.457. The number of nitrogens with zero attached hydrogens (tertiary/aromatic N) is 1. The normalized spacial score (nSPS) is 14.9. The summed E-state index contributed by atoms with van der Waals surface area (Å²) in [4.78, 5) is 30.1. The molecular formula is C35H41F4N3O6. The second kappa shape index (κ2) is 14.4. The molecule has 2 aromatic carbocycles. The highest BCUT2D eigenvalue weighted by Crippen LogP contribution is 2.38. The molecule has 2 atom stereocenters. The Kier molecular flexibility index (Phi) is 10.9. The summed E-state index contributed by atoms with van der Waals surface area (Å²) in [6, 6.07) is 12.1. The summed E-state index contributed by atoms with van der Waals surface area (Å²) in [5, 5.41) is 14.7. The van der Waals surface area contributed by atoms with Gasteiger partial charge in [0.15, 0.2) is 11.5 Å². The Morgan fingerprint density at radius 3 is 2.23 bits per heavy atom. The van der Waals surface area contributed by atoms with Crippen LogP contribution in [0.2, 0.25) is 0 Å². The number of alkyl halides is 3. The number of amides is 2. The van der Waals surface area contributed by atoms with Gasteiger partial charge in [-0.05, 0) is 115 Å². The molecule has 48 heavy (non-hydrogen) atoms. The highest BCUT2D eigenvalue weighted by molar-refractivity contribution is 5.95. The minimum atomic E-state index is -4.85. The van der Waals surface area contributed by atoms with E-state index in [1.54, 1.807) is 34.6 Å². The van der Waals surface area contributed by atoms with Crippen LogP contribution in [0.5, 0.6) is 11.5 Å². The number of benzene rings is 2. The van der Waals surface area contributed by atoms with Gasteiger partial charge in [0.05, 0.1) is 29.1 Å². The van der Waals surface area contributed by atoms with Gasteiger partial charge in [0, 0.05) is 17.7 Å². The summed E-state index contributed by atoms with van der Waals surface area (Å²) in [7, 11) is 0. The number of pyridine rings is 1. The molecule has 0 saturated heterocycles. The quantitative estimate of drug-likeness (QED) is 0.177. The molecule has 3 N–H and O–H groups in total. The minimum absolute atomic E-state index is 0.0125. The molecule has 0 bridgehead atoms. The molecule has 1 saturated carbocycles. The lowest BCUT2D eigenvalue weighted by Gasteiger charge is -2.30. The number of nitrogens with one attached hydrogen (secondary N) is 2. The van der Waals surface area contributed by atoms with Gasteiger partial charge in [0.1, 0.15) is 23.9 Å². The molecule has 1 aliphatic carbocycles. The van der Waals surface area contributed by atoms with E-state index in [9.17, 15) is 32.3 Å². The van der Waals surface area contributed by atoms with E-state index < -0.39 is 59.4 Å². The van der Waals surface area contributed by atoms with Crippen LogP contribution in [-0.4, -0.2) is 59.2 Å². The average molecular weight is 676 g/mol. The van der Waals surface area contributed by atoms with E-state index in [4.69, 9.17) is 14.2 Å². The lowest BCUT2D eigenvalue weighted by atomic mass is 9.90. The van der Waals surface area contributed by atoms with Crippen molar-refractivity contribution in [3.63, 3.8) is 0 Å². The molecule has 1 fully saturated rings. The van der Waals surface area contributed by atoms with Crippen molar-refractivity contribution in [3.8, 4) is 22.8 Å². The van der Waals surface area contributed by atoms with Crippen LogP contribution >= 0.6 is 0 Å². The zero-order valence-corrected chi connectivity index (χ0v) is 27.7. The summed E-state index contributed by atoms with van der Waals surface area (Å²) in [6.45, 7) is 8.81. The van der Waals surface area contributed by atoms with E-state index in [1.165, 1.54) is 49.4 Å². The number of carbonyl (C=O) groups is 2. The maximum atomic E-state index is 14.7. The highest BCUT2D eigenvalue weighted by Gasteiger charge is 2.43. The number of hydrogen-bond acceptors (Lipinski definition) is 7. The van der Waals surface area contributed by atoms with Gasteiger partial charge in [-0.3, -0.25) is 9.78 Å². The molecular weight excluding hydrogens is 634 g/mol. The molecule has 0 spiro atoms. The number of aliphatic hydroxyl groups is 1. The fourth-order valence-corrected chi connectivity index (χ4v) is 4.61. The molecule has 0 radical (unpaired) electrons. The Morgan fingerprint density at radius 2 is 1.65 bits per heavy atom. The van der Waals surface area contributed by atoms with Crippen molar-refractivity contribution >= 4 is 12.0 Å². The van der Waals surface area contributed by atoms with Crippen molar-refractivity contribution in [2.24, 2.45) is 0 Å². The summed E-state index contributed by atoms with van der Waals surface area (Å²) >= 11 is 0. The van der Waals surface area contributed by atoms with Gasteiger partial charge < -0.3 is 30.0 Å². The second-order valence-corrected chi connectivity index (χ2v) is 13.4. The van der Waals surface area contributed by atoms with Crippen molar-refractivity contribution in [1.29, 1.82) is 0 Å². The number of ether oxygens (including phenoxy) is 3. The second-order valence-electron chi connectivity index (χ2n) is 13.4. The van der Waals surface area contributed by atoms with E-state index in [0.29, 0.717) is 11.3 Å². The molecule has 260 valence electrons. The van der Waals surface area contributed by atoms with Gasteiger partial charge in [-0.1, -0.05) is 0 Å². The first-order valence-electron chi connectivity index (χ1n) is 15.6. The van der Waals surface area contributed by atoms with E-state index in [2.05, 4.69) is 15.6 Å². The van der Waals surface area contributed by atoms with E-state index in [0.717, 1.165) is 25.0 Å². The number of alkyl carbamates (subject to hydrolysis) is 1. The standard InChI is InChI=1S/C35H41F4N3O6/c1-20(43)19-46-30-15-22(9-14-29(30)47-25-12-13-25)31(44)40-18-26(35(37,38)39)28-17-23(34(5,6)42-32(45)48-33(2,3)4)16-27(41-28)21-7-10-24(36)11-8-21/h7-11,14-17,20,25-26,43H,12-13,18-19H2,1-6H3,(H,40,44)(H,42,45)/t20-,26?/m1/s1. The summed E-state index contributed by atoms with van der Waals surface area (Å²) < 4.78 is 74.6. The third kappa shape index (κ3) is 10.3. The van der Waals surface area contributed by atoms with Crippen LogP contribution in [0.25, 0.3) is 11.3 Å². The zero-order chi connectivity index (χ0) is 35.4. The minimum Gasteiger partial charge on any atom is -0.487 e. The highest BCUT2D eigenvalue weighted by atomic mass is 19.4. The van der Waals surface area contributed by atoms with Gasteiger partial charge in [0.25, 0.3) is 5.91 Å². The van der Waals surface area contributed by atoms with E-state index in [1.807, 2.05) is 0 Å².